The van der Waals surface area contributed by atoms with Crippen molar-refractivity contribution < 1.29 is 4.79 Å². The molecule has 0 bridgehead atoms. The topological polar surface area (TPSA) is 61.6 Å². The third kappa shape index (κ3) is 3.93. The number of nitrogens with zero attached hydrogens (tertiary/aromatic N) is 2. The number of hydrogen-bond acceptors (Lipinski definition) is 4. The average Bonchev–Trinajstić information content (AvgIpc) is 2.64. The van der Waals surface area contributed by atoms with Gasteiger partial charge in [-0.05, 0) is 17.7 Å². The number of piperazine rings is 1. The number of para-hydroxylation sites is 1. The number of hydrazine groups is 1. The summed E-state index contributed by atoms with van der Waals surface area (Å²) in [6.45, 7) is 3.52. The number of carbonyl (C=O) groups is 1. The van der Waals surface area contributed by atoms with E-state index in [-0.39, 0.29) is 5.91 Å². The molecule has 2 aromatic rings. The summed E-state index contributed by atoms with van der Waals surface area (Å²) in [6, 6.07) is 19.7. The number of anilines is 1. The van der Waals surface area contributed by atoms with E-state index in [1.807, 2.05) is 60.7 Å². The Morgan fingerprint density at radius 2 is 1.62 bits per heavy atom. The molecule has 1 aliphatic rings. The Labute approximate surface area is 143 Å². The minimum absolute atomic E-state index is 0.304. The molecule has 0 aromatic heterocycles. The number of nitrogens with two attached hydrogens (primary N) is 1. The molecule has 1 unspecified atom stereocenters. The Hall–Kier alpha value is -2.37. The van der Waals surface area contributed by atoms with Crippen LogP contribution in [0.25, 0.3) is 0 Å². The summed E-state index contributed by atoms with van der Waals surface area (Å²) < 4.78 is 0. The second-order valence-electron chi connectivity index (χ2n) is 5.99. The highest BCUT2D eigenvalue weighted by molar-refractivity contribution is 5.83. The molecule has 1 amide bonds. The minimum Gasteiger partial charge on any atom is -0.368 e. The molecule has 0 radical (unpaired) electrons. The molecule has 2 aromatic carbocycles. The maximum atomic E-state index is 12.3. The Bertz CT molecular complexity index is 641. The maximum absolute atomic E-state index is 12.3. The summed E-state index contributed by atoms with van der Waals surface area (Å²) in [7, 11) is 0. The number of rotatable bonds is 6. The van der Waals surface area contributed by atoms with E-state index in [1.165, 1.54) is 0 Å². The molecule has 24 heavy (non-hydrogen) atoms. The molecule has 126 valence electrons. The monoisotopic (exact) mass is 324 g/mol. The lowest BCUT2D eigenvalue weighted by Crippen LogP contribution is -2.59. The van der Waals surface area contributed by atoms with Crippen molar-refractivity contribution in [3.63, 3.8) is 0 Å². The average molecular weight is 324 g/mol. The Kier molecular flexibility index (Phi) is 5.46. The number of carbonyl (C=O) groups excluding carboxylic acids is 1. The summed E-state index contributed by atoms with van der Waals surface area (Å²) in [5.41, 5.74) is 7.91. The molecule has 0 aliphatic carbocycles. The van der Waals surface area contributed by atoms with Crippen LogP contribution in [0.15, 0.2) is 60.7 Å². The highest BCUT2D eigenvalue weighted by Crippen LogP contribution is 2.22. The zero-order valence-corrected chi connectivity index (χ0v) is 13.8. The summed E-state index contributed by atoms with van der Waals surface area (Å²) in [5.74, 6) is -0.304. The molecule has 1 aliphatic heterocycles. The Balaban J connectivity index is 1.92. The van der Waals surface area contributed by atoms with Gasteiger partial charge in [0.25, 0.3) is 0 Å². The van der Waals surface area contributed by atoms with Crippen molar-refractivity contribution in [2.24, 2.45) is 5.73 Å². The van der Waals surface area contributed by atoms with E-state index in [0.717, 1.165) is 37.4 Å². The highest BCUT2D eigenvalue weighted by Gasteiger charge is 2.30. The van der Waals surface area contributed by atoms with Gasteiger partial charge in [-0.3, -0.25) is 9.80 Å². The lowest BCUT2D eigenvalue weighted by Gasteiger charge is -2.43. The molecule has 0 saturated carbocycles. The first kappa shape index (κ1) is 16.5. The van der Waals surface area contributed by atoms with Crippen molar-refractivity contribution in [2.75, 3.05) is 31.2 Å². The molecule has 1 saturated heterocycles. The second-order valence-corrected chi connectivity index (χ2v) is 5.99. The molecule has 3 rings (SSSR count). The minimum atomic E-state index is -0.409. The number of benzene rings is 2. The van der Waals surface area contributed by atoms with Gasteiger partial charge in [-0.1, -0.05) is 48.5 Å². The van der Waals surface area contributed by atoms with Crippen LogP contribution in [0.1, 0.15) is 5.56 Å². The molecule has 1 atom stereocenters. The van der Waals surface area contributed by atoms with Gasteiger partial charge in [-0.15, -0.1) is 0 Å². The van der Waals surface area contributed by atoms with E-state index >= 15 is 0 Å². The molecule has 5 heteroatoms. The first-order valence-electron chi connectivity index (χ1n) is 8.39. The van der Waals surface area contributed by atoms with E-state index in [1.54, 1.807) is 0 Å². The summed E-state index contributed by atoms with van der Waals surface area (Å²) in [4.78, 5) is 12.3. The Morgan fingerprint density at radius 1 is 1.04 bits per heavy atom. The van der Waals surface area contributed by atoms with Crippen LogP contribution in [-0.2, 0) is 11.2 Å². The number of amides is 1. The molecule has 3 N–H and O–H groups in total. The van der Waals surface area contributed by atoms with Gasteiger partial charge in [0.15, 0.2) is 0 Å². The molecule has 5 nitrogen and oxygen atoms in total. The predicted octanol–water partition coefficient (Wildman–Crippen LogP) is 1.41. The molecular weight excluding hydrogens is 300 g/mol. The van der Waals surface area contributed by atoms with Crippen LogP contribution in [0, 0.1) is 0 Å². The summed E-state index contributed by atoms with van der Waals surface area (Å²) >= 11 is 0. The maximum Gasteiger partial charge on any atom is 0.242 e. The fourth-order valence-electron chi connectivity index (χ4n) is 3.13. The van der Waals surface area contributed by atoms with Crippen LogP contribution in [0.2, 0.25) is 0 Å². The van der Waals surface area contributed by atoms with Crippen LogP contribution in [-0.4, -0.2) is 43.1 Å². The van der Waals surface area contributed by atoms with Gasteiger partial charge in [-0.25, -0.2) is 5.01 Å². The van der Waals surface area contributed by atoms with Gasteiger partial charge in [0, 0.05) is 32.6 Å². The van der Waals surface area contributed by atoms with Crippen molar-refractivity contribution in [2.45, 2.75) is 12.5 Å². The molecule has 0 spiro atoms. The van der Waals surface area contributed by atoms with E-state index < -0.39 is 6.04 Å². The fraction of sp³-hybridized carbons (Fsp3) is 0.316. The molecular formula is C19H24N4O. The number of nitrogens with one attached hydrogen (secondary N) is 1. The first-order valence-corrected chi connectivity index (χ1v) is 8.39. The van der Waals surface area contributed by atoms with Crippen LogP contribution in [0.5, 0.6) is 0 Å². The van der Waals surface area contributed by atoms with Gasteiger partial charge in [0.2, 0.25) is 5.91 Å². The zero-order chi connectivity index (χ0) is 16.8. The number of hydrogen-bond donors (Lipinski definition) is 2. The van der Waals surface area contributed by atoms with Gasteiger partial charge < -0.3 is 11.1 Å². The lowest BCUT2D eigenvalue weighted by molar-refractivity contribution is -0.120. The van der Waals surface area contributed by atoms with Crippen molar-refractivity contribution >= 4 is 11.6 Å². The van der Waals surface area contributed by atoms with Crippen LogP contribution in [0.4, 0.5) is 5.69 Å². The standard InChI is InChI=1S/C19H24N4O/c20-19(24)18(15-16-7-3-1-4-8-16)23(17-9-5-2-6-10-17)22-13-11-21-12-14-22/h1-10,18,21H,11-15H2,(H2,20,24). The van der Waals surface area contributed by atoms with Crippen LogP contribution >= 0.6 is 0 Å². The van der Waals surface area contributed by atoms with Crippen molar-refractivity contribution in [3.05, 3.63) is 66.2 Å². The normalized spacial score (nSPS) is 16.5. The predicted molar refractivity (Wildman–Crippen MR) is 96.5 cm³/mol. The van der Waals surface area contributed by atoms with Crippen molar-refractivity contribution in [1.82, 2.24) is 10.3 Å². The van der Waals surface area contributed by atoms with Gasteiger partial charge in [0.1, 0.15) is 6.04 Å². The summed E-state index contributed by atoms with van der Waals surface area (Å²) in [5, 5.41) is 7.66. The SMILES string of the molecule is NC(=O)C(Cc1ccccc1)N(c1ccccc1)N1CCNCC1. The smallest absolute Gasteiger partial charge is 0.242 e. The second kappa shape index (κ2) is 7.95. The fourth-order valence-corrected chi connectivity index (χ4v) is 3.13. The number of primary amides is 1. The van der Waals surface area contributed by atoms with E-state index in [0.29, 0.717) is 6.42 Å². The van der Waals surface area contributed by atoms with Crippen molar-refractivity contribution in [3.8, 4) is 0 Å². The lowest BCUT2D eigenvalue weighted by atomic mass is 10.0. The van der Waals surface area contributed by atoms with Crippen molar-refractivity contribution in [1.29, 1.82) is 0 Å². The van der Waals surface area contributed by atoms with Gasteiger partial charge in [0.05, 0.1) is 5.69 Å². The van der Waals surface area contributed by atoms with Gasteiger partial charge >= 0.3 is 0 Å². The van der Waals surface area contributed by atoms with E-state index in [2.05, 4.69) is 15.3 Å². The zero-order valence-electron chi connectivity index (χ0n) is 13.8. The van der Waals surface area contributed by atoms with Crippen LogP contribution in [0.3, 0.4) is 0 Å². The molecule has 1 heterocycles. The van der Waals surface area contributed by atoms with E-state index in [9.17, 15) is 4.79 Å². The third-order valence-electron chi connectivity index (χ3n) is 4.31. The van der Waals surface area contributed by atoms with Gasteiger partial charge in [-0.2, -0.15) is 0 Å². The van der Waals surface area contributed by atoms with E-state index in [4.69, 9.17) is 5.73 Å². The third-order valence-corrected chi connectivity index (χ3v) is 4.31. The van der Waals surface area contributed by atoms with Crippen LogP contribution < -0.4 is 16.1 Å². The highest BCUT2D eigenvalue weighted by atomic mass is 16.1. The first-order chi connectivity index (χ1) is 11.8. The molecule has 1 fully saturated rings. The Morgan fingerprint density at radius 3 is 2.21 bits per heavy atom. The summed E-state index contributed by atoms with van der Waals surface area (Å²) in [6.07, 6.45) is 0.592. The largest absolute Gasteiger partial charge is 0.368 e. The quantitative estimate of drug-likeness (QED) is 0.843.